The first-order valence-corrected chi connectivity index (χ1v) is 17.9. The van der Waals surface area contributed by atoms with Crippen LogP contribution in [0, 0.1) is 37.3 Å². The van der Waals surface area contributed by atoms with Crippen molar-refractivity contribution in [3.8, 4) is 16.9 Å². The van der Waals surface area contributed by atoms with Gasteiger partial charge in [-0.1, -0.05) is 0 Å². The number of nitrogens with zero attached hydrogens (tertiary/aromatic N) is 3. The summed E-state index contributed by atoms with van der Waals surface area (Å²) in [5, 5.41) is 5.38. The third kappa shape index (κ3) is 7.88. The number of methoxy groups -OCH3 is 1. The van der Waals surface area contributed by atoms with E-state index in [0.717, 1.165) is 76.0 Å². The lowest BCUT2D eigenvalue weighted by Crippen LogP contribution is -2.47. The molecular weight excluding hydrogens is 640 g/mol. The molecule has 3 aliphatic heterocycles. The van der Waals surface area contributed by atoms with Gasteiger partial charge in [-0.15, -0.1) is 0 Å². The minimum atomic E-state index is -0.544. The summed E-state index contributed by atoms with van der Waals surface area (Å²) in [4.78, 5) is 40.5. The number of likely N-dealkylation sites (tertiary alicyclic amines) is 1. The topological polar surface area (TPSA) is 95.9 Å². The first-order chi connectivity index (χ1) is 24.0. The molecule has 1 unspecified atom stereocenters. The minimum Gasteiger partial charge on any atom is -0.496 e. The van der Waals surface area contributed by atoms with Crippen LogP contribution in [0.4, 0.5) is 20.2 Å². The van der Waals surface area contributed by atoms with Crippen molar-refractivity contribution < 1.29 is 23.1 Å². The molecule has 4 heterocycles. The summed E-state index contributed by atoms with van der Waals surface area (Å²) in [7, 11) is 3.30. The zero-order chi connectivity index (χ0) is 35.5. The van der Waals surface area contributed by atoms with E-state index in [9.17, 15) is 14.4 Å². The molecule has 0 spiro atoms. The molecule has 3 aromatic rings. The highest BCUT2D eigenvalue weighted by atomic mass is 19.1. The Labute approximate surface area is 293 Å². The molecule has 0 aliphatic carbocycles. The second-order valence-corrected chi connectivity index (χ2v) is 14.4. The lowest BCUT2D eigenvalue weighted by atomic mass is 9.88. The molecule has 3 fully saturated rings. The summed E-state index contributed by atoms with van der Waals surface area (Å²) in [5.74, 6) is 0.301. The van der Waals surface area contributed by atoms with Gasteiger partial charge in [0.15, 0.2) is 0 Å². The largest absolute Gasteiger partial charge is 0.496 e. The maximum atomic E-state index is 15.6. The summed E-state index contributed by atoms with van der Waals surface area (Å²) in [6.45, 7) is 8.33. The van der Waals surface area contributed by atoms with E-state index < -0.39 is 6.04 Å². The molecule has 0 saturated carbocycles. The Bertz CT molecular complexity index is 1790. The fourth-order valence-corrected chi connectivity index (χ4v) is 7.83. The molecule has 2 N–H and O–H groups in total. The maximum Gasteiger partial charge on any atom is 0.253 e. The summed E-state index contributed by atoms with van der Waals surface area (Å²) in [6.07, 6.45) is 8.23. The van der Waals surface area contributed by atoms with Crippen LogP contribution in [0.3, 0.4) is 0 Å². The van der Waals surface area contributed by atoms with Crippen LogP contribution < -0.4 is 25.8 Å². The molecule has 1 aromatic heterocycles. The Kier molecular flexibility index (Phi) is 10.9. The van der Waals surface area contributed by atoms with Crippen LogP contribution in [0.15, 0.2) is 41.3 Å². The number of benzene rings is 2. The van der Waals surface area contributed by atoms with E-state index >= 15 is 8.78 Å². The zero-order valence-corrected chi connectivity index (χ0v) is 29.6. The van der Waals surface area contributed by atoms with Gasteiger partial charge in [0.25, 0.3) is 5.56 Å². The zero-order valence-electron chi connectivity index (χ0n) is 29.6. The molecule has 6 rings (SSSR count). The lowest BCUT2D eigenvalue weighted by Gasteiger charge is -2.36. The maximum absolute atomic E-state index is 15.6. The molecule has 9 nitrogen and oxygen atoms in total. The second kappa shape index (κ2) is 15.3. The quantitative estimate of drug-likeness (QED) is 0.263. The van der Waals surface area contributed by atoms with Crippen molar-refractivity contribution in [1.82, 2.24) is 14.8 Å². The van der Waals surface area contributed by atoms with Crippen molar-refractivity contribution in [3.63, 3.8) is 0 Å². The smallest absolute Gasteiger partial charge is 0.253 e. The molecule has 3 saturated heterocycles. The molecule has 1 atom stereocenters. The molecule has 11 heteroatoms. The number of piperidine rings is 3. The Hall–Kier alpha value is -4.25. The minimum absolute atomic E-state index is 0.0500. The van der Waals surface area contributed by atoms with Crippen molar-refractivity contribution in [2.24, 2.45) is 18.9 Å². The number of hydrogen-bond acceptors (Lipinski definition) is 7. The van der Waals surface area contributed by atoms with Gasteiger partial charge in [0, 0.05) is 55.1 Å². The number of nitrogens with one attached hydrogen (secondary N) is 2. The van der Waals surface area contributed by atoms with E-state index in [-0.39, 0.29) is 35.4 Å². The summed E-state index contributed by atoms with van der Waals surface area (Å²) >= 11 is 0. The normalized spacial score (nSPS) is 19.5. The number of anilines is 2. The molecular formula is C39H49F2N5O4. The number of amides is 2. The van der Waals surface area contributed by atoms with Crippen LogP contribution in [-0.4, -0.2) is 67.2 Å². The number of ether oxygens (including phenoxy) is 1. The number of imide groups is 1. The second-order valence-electron chi connectivity index (χ2n) is 14.4. The number of carbonyl (C=O) groups is 2. The number of pyridine rings is 1. The molecule has 3 aliphatic rings. The van der Waals surface area contributed by atoms with Gasteiger partial charge in [0.1, 0.15) is 23.4 Å². The lowest BCUT2D eigenvalue weighted by molar-refractivity contribution is -0.133. The standard InChI is InChI=1S/C39H49F2N5O4/c1-24-25(2)39(49)44(3)23-31(24)28-20-32(40)30(36(21-28)50-4)19-27-10-15-45(16-11-27)14-9-26-12-17-46(18-13-26)35-7-5-29(22-33(35)41)42-34-6-8-37(47)43-38(34)48/h5,7,20-23,26-27,34,42H,6,8-19H2,1-4H3,(H,43,47,48). The highest BCUT2D eigenvalue weighted by Gasteiger charge is 2.28. The number of halogens is 2. The van der Waals surface area contributed by atoms with Gasteiger partial charge in [-0.25, -0.2) is 8.78 Å². The molecule has 0 radical (unpaired) electrons. The fraction of sp³-hybridized carbons (Fsp3) is 0.513. The van der Waals surface area contributed by atoms with Gasteiger partial charge in [-0.3, -0.25) is 19.7 Å². The number of carbonyl (C=O) groups excluding carboxylic acids is 2. The molecule has 268 valence electrons. The van der Waals surface area contributed by atoms with Gasteiger partial charge in [0.05, 0.1) is 12.8 Å². The van der Waals surface area contributed by atoms with Crippen molar-refractivity contribution in [1.29, 1.82) is 0 Å². The van der Waals surface area contributed by atoms with Crippen LogP contribution in [0.25, 0.3) is 11.1 Å². The fourth-order valence-electron chi connectivity index (χ4n) is 7.83. The summed E-state index contributed by atoms with van der Waals surface area (Å²) in [5.41, 5.74) is 4.73. The number of hydrogen-bond donors (Lipinski definition) is 2. The van der Waals surface area contributed by atoms with E-state index in [1.807, 2.05) is 13.0 Å². The Morgan fingerprint density at radius 2 is 1.62 bits per heavy atom. The first kappa shape index (κ1) is 35.6. The molecule has 2 aromatic carbocycles. The van der Waals surface area contributed by atoms with Crippen LogP contribution in [0.5, 0.6) is 5.75 Å². The van der Waals surface area contributed by atoms with Crippen molar-refractivity contribution in [2.75, 3.05) is 50.1 Å². The van der Waals surface area contributed by atoms with Gasteiger partial charge in [-0.2, -0.15) is 0 Å². The van der Waals surface area contributed by atoms with Crippen LogP contribution in [0.1, 0.15) is 61.6 Å². The predicted octanol–water partition coefficient (Wildman–Crippen LogP) is 5.73. The Morgan fingerprint density at radius 3 is 2.30 bits per heavy atom. The van der Waals surface area contributed by atoms with Gasteiger partial charge >= 0.3 is 0 Å². The van der Waals surface area contributed by atoms with E-state index in [1.54, 1.807) is 50.0 Å². The third-order valence-corrected chi connectivity index (χ3v) is 11.2. The van der Waals surface area contributed by atoms with Crippen LogP contribution in [0.2, 0.25) is 0 Å². The van der Waals surface area contributed by atoms with Crippen molar-refractivity contribution in [2.45, 2.75) is 71.3 Å². The summed E-state index contributed by atoms with van der Waals surface area (Å²) in [6, 6.07) is 7.95. The van der Waals surface area contributed by atoms with Gasteiger partial charge < -0.3 is 24.4 Å². The Balaban J connectivity index is 0.957. The molecule has 50 heavy (non-hydrogen) atoms. The van der Waals surface area contributed by atoms with Gasteiger partial charge in [-0.05, 0) is 132 Å². The average molecular weight is 690 g/mol. The van der Waals surface area contributed by atoms with E-state index in [0.29, 0.717) is 58.5 Å². The molecule has 2 amide bonds. The highest BCUT2D eigenvalue weighted by molar-refractivity contribution is 6.01. The van der Waals surface area contributed by atoms with Crippen molar-refractivity contribution >= 4 is 23.2 Å². The third-order valence-electron chi connectivity index (χ3n) is 11.2. The van der Waals surface area contributed by atoms with E-state index in [2.05, 4.69) is 20.4 Å². The summed E-state index contributed by atoms with van der Waals surface area (Å²) < 4.78 is 38.0. The average Bonchev–Trinajstić information content (AvgIpc) is 3.11. The monoisotopic (exact) mass is 689 g/mol. The highest BCUT2D eigenvalue weighted by Crippen LogP contribution is 2.35. The van der Waals surface area contributed by atoms with E-state index in [1.165, 1.54) is 6.07 Å². The number of rotatable bonds is 10. The van der Waals surface area contributed by atoms with Crippen LogP contribution in [-0.2, 0) is 23.1 Å². The SMILES string of the molecule is COc1cc(-c2cn(C)c(=O)c(C)c2C)cc(F)c1CC1CCN(CCC2CCN(c3ccc(NC4CCC(=O)NC4=O)cc3F)CC2)CC1. The predicted molar refractivity (Wildman–Crippen MR) is 192 cm³/mol. The van der Waals surface area contributed by atoms with Gasteiger partial charge in [0.2, 0.25) is 11.8 Å². The molecule has 0 bridgehead atoms. The number of aromatic nitrogens is 1. The van der Waals surface area contributed by atoms with Crippen LogP contribution >= 0.6 is 0 Å². The Morgan fingerprint density at radius 1 is 0.900 bits per heavy atom. The van der Waals surface area contributed by atoms with E-state index in [4.69, 9.17) is 4.74 Å². The van der Waals surface area contributed by atoms with Crippen molar-refractivity contribution in [3.05, 3.63) is 75.2 Å². The first-order valence-electron chi connectivity index (χ1n) is 17.9. The number of aryl methyl sites for hydroxylation is 1.